The summed E-state index contributed by atoms with van der Waals surface area (Å²) in [6.45, 7) is 4.11. The van der Waals surface area contributed by atoms with Crippen molar-refractivity contribution in [2.24, 2.45) is 0 Å². The summed E-state index contributed by atoms with van der Waals surface area (Å²) in [5.74, 6) is 1.27. The minimum absolute atomic E-state index is 0.0381. The molecule has 1 fully saturated rings. The van der Waals surface area contributed by atoms with E-state index in [1.807, 2.05) is 41.3 Å². The Bertz CT molecular complexity index is 886. The number of carbonyl (C=O) groups is 2. The molecule has 0 N–H and O–H groups in total. The molecule has 1 heterocycles. The topological polar surface area (TPSA) is 53.1 Å². The summed E-state index contributed by atoms with van der Waals surface area (Å²) in [6.07, 6.45) is 0.941. The normalized spacial score (nSPS) is 14.7. The lowest BCUT2D eigenvalue weighted by Gasteiger charge is -2.23. The Morgan fingerprint density at radius 2 is 1.74 bits per heavy atom. The smallest absolute Gasteiger partial charge is 0.255 e. The quantitative estimate of drug-likeness (QED) is 0.618. The van der Waals surface area contributed by atoms with Gasteiger partial charge in [0.05, 0.1) is 18.4 Å². The average Bonchev–Trinajstić information content (AvgIpc) is 3.03. The maximum Gasteiger partial charge on any atom is 0.255 e. The molecule has 3 rings (SSSR count). The van der Waals surface area contributed by atoms with Gasteiger partial charge >= 0.3 is 0 Å². The predicted octanol–water partition coefficient (Wildman–Crippen LogP) is 3.22. The Kier molecular flexibility index (Phi) is 8.37. The highest BCUT2D eigenvalue weighted by Gasteiger charge is 2.22. The number of methoxy groups -OCH3 is 1. The fraction of sp³-hybridized carbons (Fsp3) is 0.417. The Hall–Kier alpha value is -2.51. The van der Waals surface area contributed by atoms with Gasteiger partial charge in [0.2, 0.25) is 5.91 Å². The van der Waals surface area contributed by atoms with Gasteiger partial charge in [-0.15, -0.1) is 11.8 Å². The third-order valence-corrected chi connectivity index (χ3v) is 6.47. The van der Waals surface area contributed by atoms with Gasteiger partial charge in [-0.05, 0) is 36.2 Å². The van der Waals surface area contributed by atoms with E-state index in [1.165, 1.54) is 17.3 Å². The minimum atomic E-state index is 0.0381. The summed E-state index contributed by atoms with van der Waals surface area (Å²) >= 11 is 1.43. The van der Waals surface area contributed by atoms with E-state index < -0.39 is 0 Å². The van der Waals surface area contributed by atoms with E-state index in [2.05, 4.69) is 17.0 Å². The molecule has 0 bridgehead atoms. The zero-order valence-corrected chi connectivity index (χ0v) is 19.4. The Morgan fingerprint density at radius 1 is 1.00 bits per heavy atom. The van der Waals surface area contributed by atoms with Crippen LogP contribution >= 0.6 is 11.8 Å². The standard InChI is InChI=1S/C24H31N3O3S/c1-25(2)23(28)18-31-22-8-5-4-7-21(22)24(29)27-14-6-13-26(15-16-27)17-19-9-11-20(30-3)12-10-19/h4-5,7-12H,6,13-18H2,1-3H3. The first kappa shape index (κ1) is 23.2. The molecule has 1 aliphatic rings. The molecular formula is C24H31N3O3S. The molecule has 1 aliphatic heterocycles. The SMILES string of the molecule is COc1ccc(CN2CCCN(C(=O)c3ccccc3SCC(=O)N(C)C)CC2)cc1. The number of hydrogen-bond acceptors (Lipinski definition) is 5. The lowest BCUT2D eigenvalue weighted by Crippen LogP contribution is -2.35. The van der Waals surface area contributed by atoms with Crippen molar-refractivity contribution < 1.29 is 14.3 Å². The van der Waals surface area contributed by atoms with E-state index in [0.29, 0.717) is 17.9 Å². The van der Waals surface area contributed by atoms with Crippen LogP contribution in [-0.2, 0) is 11.3 Å². The van der Waals surface area contributed by atoms with Crippen LogP contribution in [0.4, 0.5) is 0 Å². The molecule has 1 saturated heterocycles. The first-order valence-corrected chi connectivity index (χ1v) is 11.5. The molecule has 31 heavy (non-hydrogen) atoms. The van der Waals surface area contributed by atoms with Gasteiger partial charge in [0.25, 0.3) is 5.91 Å². The molecular weight excluding hydrogens is 410 g/mol. The number of ether oxygens (including phenoxy) is 1. The molecule has 0 aromatic heterocycles. The van der Waals surface area contributed by atoms with Crippen molar-refractivity contribution in [3.63, 3.8) is 0 Å². The van der Waals surface area contributed by atoms with Crippen LogP contribution in [-0.4, -0.2) is 79.7 Å². The fourth-order valence-electron chi connectivity index (χ4n) is 3.53. The molecule has 0 spiro atoms. The highest BCUT2D eigenvalue weighted by molar-refractivity contribution is 8.00. The second-order valence-corrected chi connectivity index (χ2v) is 8.86. The molecule has 0 aliphatic carbocycles. The van der Waals surface area contributed by atoms with Crippen molar-refractivity contribution in [3.05, 3.63) is 59.7 Å². The van der Waals surface area contributed by atoms with Crippen LogP contribution in [0, 0.1) is 0 Å². The van der Waals surface area contributed by atoms with Crippen LogP contribution in [0.25, 0.3) is 0 Å². The molecule has 0 radical (unpaired) electrons. The molecule has 2 aromatic rings. The van der Waals surface area contributed by atoms with Gasteiger partial charge < -0.3 is 14.5 Å². The first-order chi connectivity index (χ1) is 15.0. The molecule has 2 amide bonds. The lowest BCUT2D eigenvalue weighted by atomic mass is 10.2. The highest BCUT2D eigenvalue weighted by Crippen LogP contribution is 2.25. The second kappa shape index (κ2) is 11.2. The monoisotopic (exact) mass is 441 g/mol. The van der Waals surface area contributed by atoms with Gasteiger partial charge in [-0.25, -0.2) is 0 Å². The van der Waals surface area contributed by atoms with E-state index in [9.17, 15) is 9.59 Å². The van der Waals surface area contributed by atoms with Crippen LogP contribution in [0.15, 0.2) is 53.4 Å². The van der Waals surface area contributed by atoms with Crippen LogP contribution in [0.1, 0.15) is 22.3 Å². The zero-order valence-electron chi connectivity index (χ0n) is 18.5. The number of rotatable bonds is 7. The van der Waals surface area contributed by atoms with Gasteiger partial charge in [0, 0.05) is 51.7 Å². The second-order valence-electron chi connectivity index (χ2n) is 7.84. The Labute approximate surface area is 189 Å². The minimum Gasteiger partial charge on any atom is -0.497 e. The van der Waals surface area contributed by atoms with Crippen molar-refractivity contribution in [2.75, 3.05) is 53.1 Å². The fourth-order valence-corrected chi connectivity index (χ4v) is 4.55. The Morgan fingerprint density at radius 3 is 2.45 bits per heavy atom. The highest BCUT2D eigenvalue weighted by atomic mass is 32.2. The largest absolute Gasteiger partial charge is 0.497 e. The first-order valence-electron chi connectivity index (χ1n) is 10.5. The number of amides is 2. The van der Waals surface area contributed by atoms with Gasteiger partial charge in [0.15, 0.2) is 0 Å². The number of carbonyl (C=O) groups excluding carboxylic acids is 2. The summed E-state index contributed by atoms with van der Waals surface area (Å²) in [6, 6.07) is 15.7. The average molecular weight is 442 g/mol. The lowest BCUT2D eigenvalue weighted by molar-refractivity contribution is -0.125. The predicted molar refractivity (Wildman–Crippen MR) is 125 cm³/mol. The molecule has 7 heteroatoms. The van der Waals surface area contributed by atoms with Gasteiger partial charge in [-0.3, -0.25) is 14.5 Å². The van der Waals surface area contributed by atoms with Crippen LogP contribution in [0.5, 0.6) is 5.75 Å². The molecule has 2 aromatic carbocycles. The van der Waals surface area contributed by atoms with Crippen molar-refractivity contribution in [1.29, 1.82) is 0 Å². The summed E-state index contributed by atoms with van der Waals surface area (Å²) < 4.78 is 5.23. The van der Waals surface area contributed by atoms with Crippen molar-refractivity contribution in [2.45, 2.75) is 17.9 Å². The van der Waals surface area contributed by atoms with Gasteiger partial charge in [0.1, 0.15) is 5.75 Å². The van der Waals surface area contributed by atoms with E-state index in [-0.39, 0.29) is 11.8 Å². The van der Waals surface area contributed by atoms with Crippen LogP contribution in [0.3, 0.4) is 0 Å². The van der Waals surface area contributed by atoms with Gasteiger partial charge in [-0.1, -0.05) is 24.3 Å². The third kappa shape index (κ3) is 6.48. The maximum absolute atomic E-state index is 13.3. The number of hydrogen-bond donors (Lipinski definition) is 0. The van der Waals surface area contributed by atoms with E-state index >= 15 is 0 Å². The molecule has 166 valence electrons. The number of benzene rings is 2. The third-order valence-electron chi connectivity index (χ3n) is 5.41. The molecule has 6 nitrogen and oxygen atoms in total. The number of nitrogens with zero attached hydrogens (tertiary/aromatic N) is 3. The van der Waals surface area contributed by atoms with Crippen LogP contribution in [0.2, 0.25) is 0 Å². The van der Waals surface area contributed by atoms with E-state index in [1.54, 1.807) is 26.1 Å². The summed E-state index contributed by atoms with van der Waals surface area (Å²) in [5.41, 5.74) is 1.93. The molecule has 0 saturated carbocycles. The van der Waals surface area contributed by atoms with Crippen LogP contribution < -0.4 is 4.74 Å². The molecule has 0 atom stereocenters. The summed E-state index contributed by atoms with van der Waals surface area (Å²) in [4.78, 5) is 32.0. The van der Waals surface area contributed by atoms with Gasteiger partial charge in [-0.2, -0.15) is 0 Å². The number of thioether (sulfide) groups is 1. The summed E-state index contributed by atoms with van der Waals surface area (Å²) in [7, 11) is 5.16. The van der Waals surface area contributed by atoms with E-state index in [4.69, 9.17) is 4.74 Å². The molecule has 0 unspecified atom stereocenters. The van der Waals surface area contributed by atoms with Crippen molar-refractivity contribution >= 4 is 23.6 Å². The van der Waals surface area contributed by atoms with Crippen molar-refractivity contribution in [3.8, 4) is 5.75 Å². The maximum atomic E-state index is 13.3. The Balaban J connectivity index is 1.61. The zero-order chi connectivity index (χ0) is 22.2. The summed E-state index contributed by atoms with van der Waals surface area (Å²) in [5, 5.41) is 0. The van der Waals surface area contributed by atoms with E-state index in [0.717, 1.165) is 43.2 Å². The van der Waals surface area contributed by atoms with Crippen molar-refractivity contribution in [1.82, 2.24) is 14.7 Å².